The fraction of sp³-hybridized carbons (Fsp3) is 0.500. The van der Waals surface area contributed by atoms with Crippen molar-refractivity contribution in [2.75, 3.05) is 6.26 Å². The lowest BCUT2D eigenvalue weighted by atomic mass is 10.0. The molecule has 0 amide bonds. The van der Waals surface area contributed by atoms with Crippen LogP contribution in [0, 0.1) is 16.0 Å². The second-order valence-corrected chi connectivity index (χ2v) is 7.04. The van der Waals surface area contributed by atoms with Crippen LogP contribution in [0.3, 0.4) is 0 Å². The van der Waals surface area contributed by atoms with Gasteiger partial charge in [0.2, 0.25) is 0 Å². The maximum Gasteiger partial charge on any atom is 0.273 e. The molecule has 6 nitrogen and oxygen atoms in total. The Morgan fingerprint density at radius 2 is 2.11 bits per heavy atom. The molecule has 0 spiro atoms. The molecule has 1 saturated carbocycles. The number of nitrogens with zero attached hydrogens (tertiary/aromatic N) is 1. The summed E-state index contributed by atoms with van der Waals surface area (Å²) in [7, 11) is -3.44. The van der Waals surface area contributed by atoms with E-state index in [0.29, 0.717) is 17.9 Å². The third-order valence-corrected chi connectivity index (χ3v) is 4.47. The molecule has 1 aliphatic rings. The predicted octanol–water partition coefficient (Wildman–Crippen LogP) is 1.28. The number of benzene rings is 1. The fourth-order valence-corrected chi connectivity index (χ4v) is 2.70. The molecule has 19 heavy (non-hydrogen) atoms. The topological polar surface area (TPSA) is 103 Å². The number of hydrogen-bond donors (Lipinski definition) is 1. The van der Waals surface area contributed by atoms with Crippen molar-refractivity contribution in [3.05, 3.63) is 33.9 Å². The van der Waals surface area contributed by atoms with Crippen LogP contribution in [0.25, 0.3) is 0 Å². The maximum absolute atomic E-state index is 11.4. The first kappa shape index (κ1) is 14.0. The van der Waals surface area contributed by atoms with Crippen LogP contribution in [0.1, 0.15) is 18.4 Å². The molecule has 0 heterocycles. The summed E-state index contributed by atoms with van der Waals surface area (Å²) in [5, 5.41) is 11.0. The average Bonchev–Trinajstić information content (AvgIpc) is 3.11. The average molecular weight is 284 g/mol. The largest absolute Gasteiger partial charge is 0.327 e. The monoisotopic (exact) mass is 284 g/mol. The first-order valence-corrected chi connectivity index (χ1v) is 7.91. The van der Waals surface area contributed by atoms with E-state index in [2.05, 4.69) is 0 Å². The minimum Gasteiger partial charge on any atom is -0.327 e. The molecule has 2 N–H and O–H groups in total. The van der Waals surface area contributed by atoms with Crippen LogP contribution in [0.2, 0.25) is 0 Å². The minimum atomic E-state index is -3.44. The molecule has 1 fully saturated rings. The van der Waals surface area contributed by atoms with Gasteiger partial charge >= 0.3 is 0 Å². The van der Waals surface area contributed by atoms with Gasteiger partial charge in [0, 0.05) is 23.9 Å². The van der Waals surface area contributed by atoms with Gasteiger partial charge in [0.1, 0.15) is 0 Å². The van der Waals surface area contributed by atoms with E-state index in [-0.39, 0.29) is 16.6 Å². The number of nitro groups is 1. The van der Waals surface area contributed by atoms with Gasteiger partial charge in [-0.2, -0.15) is 0 Å². The zero-order valence-corrected chi connectivity index (χ0v) is 11.4. The van der Waals surface area contributed by atoms with Crippen molar-refractivity contribution in [2.24, 2.45) is 11.7 Å². The fourth-order valence-electron chi connectivity index (χ4n) is 2.06. The summed E-state index contributed by atoms with van der Waals surface area (Å²) in [5.41, 5.74) is 6.29. The van der Waals surface area contributed by atoms with Crippen molar-refractivity contribution in [3.8, 4) is 0 Å². The highest BCUT2D eigenvalue weighted by Crippen LogP contribution is 2.34. The van der Waals surface area contributed by atoms with E-state index in [9.17, 15) is 18.5 Å². The summed E-state index contributed by atoms with van der Waals surface area (Å²) in [6.07, 6.45) is 3.57. The maximum atomic E-state index is 11.4. The highest BCUT2D eigenvalue weighted by atomic mass is 32.2. The van der Waals surface area contributed by atoms with Crippen molar-refractivity contribution >= 4 is 15.5 Å². The molecule has 0 radical (unpaired) electrons. The quantitative estimate of drug-likeness (QED) is 0.648. The zero-order chi connectivity index (χ0) is 14.2. The van der Waals surface area contributed by atoms with Gasteiger partial charge < -0.3 is 5.73 Å². The lowest BCUT2D eigenvalue weighted by Crippen LogP contribution is -2.25. The van der Waals surface area contributed by atoms with Crippen molar-refractivity contribution in [1.82, 2.24) is 0 Å². The zero-order valence-electron chi connectivity index (χ0n) is 10.6. The third-order valence-electron chi connectivity index (χ3n) is 3.36. The van der Waals surface area contributed by atoms with E-state index in [0.717, 1.165) is 25.2 Å². The Morgan fingerprint density at radius 3 is 2.58 bits per heavy atom. The Hall–Kier alpha value is -1.47. The summed E-state index contributed by atoms with van der Waals surface area (Å²) < 4.78 is 22.8. The van der Waals surface area contributed by atoms with Crippen LogP contribution in [-0.2, 0) is 16.3 Å². The Labute approximate surface area is 111 Å². The Bertz CT molecular complexity index is 608. The normalized spacial score (nSPS) is 17.2. The van der Waals surface area contributed by atoms with Crippen molar-refractivity contribution in [3.63, 3.8) is 0 Å². The number of rotatable bonds is 5. The van der Waals surface area contributed by atoms with E-state index in [4.69, 9.17) is 5.73 Å². The molecule has 0 saturated heterocycles. The van der Waals surface area contributed by atoms with Gasteiger partial charge in [-0.3, -0.25) is 10.1 Å². The molecule has 1 unspecified atom stereocenters. The van der Waals surface area contributed by atoms with Gasteiger partial charge in [-0.25, -0.2) is 8.42 Å². The molecule has 1 aromatic carbocycles. The molecular weight excluding hydrogens is 268 g/mol. The Morgan fingerprint density at radius 1 is 1.47 bits per heavy atom. The summed E-state index contributed by atoms with van der Waals surface area (Å²) in [6.45, 7) is 0. The Kier molecular flexibility index (Phi) is 3.60. The molecule has 1 aliphatic carbocycles. The summed E-state index contributed by atoms with van der Waals surface area (Å²) in [6, 6.07) is 3.92. The van der Waals surface area contributed by atoms with Gasteiger partial charge in [0.15, 0.2) is 9.84 Å². The molecule has 0 bridgehead atoms. The number of nitro benzene ring substituents is 1. The molecule has 7 heteroatoms. The molecule has 104 valence electrons. The second-order valence-electron chi connectivity index (χ2n) is 5.03. The lowest BCUT2D eigenvalue weighted by Gasteiger charge is -2.11. The van der Waals surface area contributed by atoms with E-state index in [1.807, 2.05) is 0 Å². The van der Waals surface area contributed by atoms with Gasteiger partial charge in [0.05, 0.1) is 9.82 Å². The van der Waals surface area contributed by atoms with Gasteiger partial charge in [0.25, 0.3) is 5.69 Å². The molecule has 0 aliphatic heterocycles. The van der Waals surface area contributed by atoms with E-state index >= 15 is 0 Å². The van der Waals surface area contributed by atoms with Gasteiger partial charge in [-0.1, -0.05) is 6.07 Å². The summed E-state index contributed by atoms with van der Waals surface area (Å²) >= 11 is 0. The van der Waals surface area contributed by atoms with Crippen LogP contribution in [0.15, 0.2) is 23.1 Å². The van der Waals surface area contributed by atoms with E-state index < -0.39 is 14.8 Å². The van der Waals surface area contributed by atoms with Crippen molar-refractivity contribution in [2.45, 2.75) is 30.2 Å². The summed E-state index contributed by atoms with van der Waals surface area (Å²) in [5.74, 6) is 0.439. The molecule has 0 aromatic heterocycles. The first-order chi connectivity index (χ1) is 8.79. The van der Waals surface area contributed by atoms with Crippen LogP contribution in [-0.4, -0.2) is 25.6 Å². The van der Waals surface area contributed by atoms with E-state index in [1.165, 1.54) is 12.1 Å². The minimum absolute atomic E-state index is 0.0389. The molecule has 1 aromatic rings. The van der Waals surface area contributed by atoms with Crippen LogP contribution in [0.5, 0.6) is 0 Å². The van der Waals surface area contributed by atoms with Crippen LogP contribution in [0.4, 0.5) is 5.69 Å². The highest BCUT2D eigenvalue weighted by Gasteiger charge is 2.30. The van der Waals surface area contributed by atoms with Crippen LogP contribution >= 0.6 is 0 Å². The van der Waals surface area contributed by atoms with Crippen LogP contribution < -0.4 is 5.73 Å². The Balaban J connectivity index is 2.35. The number of hydrogen-bond acceptors (Lipinski definition) is 5. The van der Waals surface area contributed by atoms with Gasteiger partial charge in [-0.15, -0.1) is 0 Å². The number of sulfone groups is 1. The molecule has 2 rings (SSSR count). The molecule has 1 atom stereocenters. The summed E-state index contributed by atoms with van der Waals surface area (Å²) in [4.78, 5) is 10.4. The van der Waals surface area contributed by atoms with Gasteiger partial charge in [-0.05, 0) is 31.2 Å². The van der Waals surface area contributed by atoms with E-state index in [1.54, 1.807) is 0 Å². The lowest BCUT2D eigenvalue weighted by molar-refractivity contribution is -0.385. The van der Waals surface area contributed by atoms with Crippen molar-refractivity contribution < 1.29 is 13.3 Å². The number of nitrogens with two attached hydrogens (primary N) is 1. The third kappa shape index (κ3) is 3.30. The first-order valence-electron chi connectivity index (χ1n) is 6.02. The SMILES string of the molecule is CS(=O)(=O)c1ccc(CC(N)C2CC2)c([N+](=O)[O-])c1. The van der Waals surface area contributed by atoms with Crippen molar-refractivity contribution in [1.29, 1.82) is 0 Å². The molecular formula is C12H16N2O4S. The highest BCUT2D eigenvalue weighted by molar-refractivity contribution is 7.90. The standard InChI is InChI=1S/C12H16N2O4S/c1-19(17,18)10-5-4-9(12(7-10)14(15)16)6-11(13)8-2-3-8/h4-5,7-8,11H,2-3,6,13H2,1H3. The second kappa shape index (κ2) is 4.90. The smallest absolute Gasteiger partial charge is 0.273 e. The predicted molar refractivity (Wildman–Crippen MR) is 70.6 cm³/mol.